The van der Waals surface area contributed by atoms with Gasteiger partial charge >= 0.3 is 6.09 Å². The van der Waals surface area contributed by atoms with Gasteiger partial charge in [0.1, 0.15) is 11.4 Å². The number of nitrogens with zero attached hydrogens (tertiary/aromatic N) is 4. The Morgan fingerprint density at radius 2 is 1.58 bits per heavy atom. The summed E-state index contributed by atoms with van der Waals surface area (Å²) >= 11 is 0. The molecule has 0 unspecified atom stereocenters. The average molecular weight is 426 g/mol. The summed E-state index contributed by atoms with van der Waals surface area (Å²) < 4.78 is 5.50. The first-order valence-corrected chi connectivity index (χ1v) is 10.9. The second-order valence-corrected chi connectivity index (χ2v) is 10.1. The molecule has 2 aromatic rings. The van der Waals surface area contributed by atoms with Crippen molar-refractivity contribution in [2.45, 2.75) is 59.5 Å². The highest BCUT2D eigenvalue weighted by Gasteiger charge is 2.28. The van der Waals surface area contributed by atoms with Crippen LogP contribution in [-0.2, 0) is 10.2 Å². The maximum Gasteiger partial charge on any atom is 0.410 e. The Kier molecular flexibility index (Phi) is 6.43. The predicted octanol–water partition coefficient (Wildman–Crippen LogP) is 4.88. The molecule has 0 saturated carbocycles. The highest BCUT2D eigenvalue weighted by atomic mass is 16.6. The van der Waals surface area contributed by atoms with Crippen molar-refractivity contribution in [2.24, 2.45) is 0 Å². The van der Waals surface area contributed by atoms with Gasteiger partial charge in [0, 0.05) is 43.3 Å². The maximum absolute atomic E-state index is 12.4. The van der Waals surface area contributed by atoms with Crippen LogP contribution in [0.5, 0.6) is 0 Å². The molecular weight excluding hydrogens is 390 g/mol. The van der Waals surface area contributed by atoms with Crippen molar-refractivity contribution in [3.8, 4) is 0 Å². The fourth-order valence-corrected chi connectivity index (χ4v) is 3.22. The van der Waals surface area contributed by atoms with Crippen molar-refractivity contribution in [1.82, 2.24) is 14.9 Å². The predicted molar refractivity (Wildman–Crippen MR) is 125 cm³/mol. The molecule has 2 heterocycles. The molecule has 1 aromatic carbocycles. The molecule has 31 heavy (non-hydrogen) atoms. The lowest BCUT2D eigenvalue weighted by Crippen LogP contribution is -2.50. The van der Waals surface area contributed by atoms with E-state index in [1.165, 1.54) is 5.56 Å². The monoisotopic (exact) mass is 425 g/mol. The van der Waals surface area contributed by atoms with Crippen LogP contribution in [0, 0.1) is 6.92 Å². The second-order valence-electron chi connectivity index (χ2n) is 10.1. The molecule has 3 rings (SSSR count). The van der Waals surface area contributed by atoms with Crippen molar-refractivity contribution in [1.29, 1.82) is 0 Å². The van der Waals surface area contributed by atoms with Crippen molar-refractivity contribution >= 4 is 23.5 Å². The van der Waals surface area contributed by atoms with Gasteiger partial charge in [-0.05, 0) is 39.8 Å². The molecular formula is C24H35N5O2. The Morgan fingerprint density at radius 1 is 0.968 bits per heavy atom. The van der Waals surface area contributed by atoms with Gasteiger partial charge in [-0.25, -0.2) is 9.78 Å². The number of hydrogen-bond acceptors (Lipinski definition) is 6. The number of nitrogens with one attached hydrogen (secondary N) is 1. The molecule has 0 atom stereocenters. The molecule has 1 aliphatic rings. The van der Waals surface area contributed by atoms with Gasteiger partial charge in [-0.3, -0.25) is 0 Å². The van der Waals surface area contributed by atoms with E-state index in [2.05, 4.69) is 50.0 Å². The van der Waals surface area contributed by atoms with Crippen LogP contribution < -0.4 is 10.2 Å². The van der Waals surface area contributed by atoms with Crippen LogP contribution in [0.1, 0.15) is 52.8 Å². The Morgan fingerprint density at radius 3 is 2.13 bits per heavy atom. The SMILES string of the molecule is Cc1ccc(Nc2cc(C(C)(C)C)nc(N3CCN(C(=O)OC(C)(C)C)CC3)n2)cc1. The fraction of sp³-hybridized carbons (Fsp3) is 0.542. The number of benzene rings is 1. The molecule has 0 aliphatic carbocycles. The summed E-state index contributed by atoms with van der Waals surface area (Å²) in [5, 5.41) is 3.41. The number of rotatable bonds is 3. The molecule has 1 aliphatic heterocycles. The molecule has 1 fully saturated rings. The Bertz CT molecular complexity index is 905. The first-order chi connectivity index (χ1) is 14.4. The summed E-state index contributed by atoms with van der Waals surface area (Å²) in [5.74, 6) is 1.46. The third-order valence-electron chi connectivity index (χ3n) is 5.02. The van der Waals surface area contributed by atoms with E-state index in [1.54, 1.807) is 4.90 Å². The zero-order valence-corrected chi connectivity index (χ0v) is 19.8. The lowest BCUT2D eigenvalue weighted by molar-refractivity contribution is 0.0240. The molecule has 0 radical (unpaired) electrons. The summed E-state index contributed by atoms with van der Waals surface area (Å²) in [6.45, 7) is 16.7. The van der Waals surface area contributed by atoms with Gasteiger partial charge in [-0.2, -0.15) is 4.98 Å². The number of aryl methyl sites for hydroxylation is 1. The molecule has 0 spiro atoms. The van der Waals surface area contributed by atoms with E-state index in [0.717, 1.165) is 17.2 Å². The van der Waals surface area contributed by atoms with Crippen molar-refractivity contribution in [3.63, 3.8) is 0 Å². The summed E-state index contributed by atoms with van der Waals surface area (Å²) in [6, 6.07) is 10.3. The quantitative estimate of drug-likeness (QED) is 0.755. The highest BCUT2D eigenvalue weighted by molar-refractivity contribution is 5.68. The standard InChI is InChI=1S/C24H35N5O2/c1-17-8-10-18(11-9-17)25-20-16-19(23(2,3)4)26-21(27-20)28-12-14-29(15-13-28)22(30)31-24(5,6)7/h8-11,16H,12-15H2,1-7H3,(H,25,26,27). The zero-order chi connectivity index (χ0) is 22.8. The van der Waals surface area contributed by atoms with Gasteiger partial charge < -0.3 is 19.9 Å². The Labute approximate surface area is 185 Å². The van der Waals surface area contributed by atoms with E-state index in [-0.39, 0.29) is 11.5 Å². The number of anilines is 3. The van der Waals surface area contributed by atoms with Crippen molar-refractivity contribution in [3.05, 3.63) is 41.6 Å². The van der Waals surface area contributed by atoms with Crippen LogP contribution in [0.2, 0.25) is 0 Å². The number of aromatic nitrogens is 2. The zero-order valence-electron chi connectivity index (χ0n) is 19.8. The normalized spacial score (nSPS) is 15.1. The van der Waals surface area contributed by atoms with E-state index in [0.29, 0.717) is 32.1 Å². The molecule has 7 nitrogen and oxygen atoms in total. The van der Waals surface area contributed by atoms with Gasteiger partial charge in [0.25, 0.3) is 0 Å². The number of carbonyl (C=O) groups excluding carboxylic acids is 1. The lowest BCUT2D eigenvalue weighted by atomic mass is 9.92. The van der Waals surface area contributed by atoms with E-state index >= 15 is 0 Å². The molecule has 1 amide bonds. The van der Waals surface area contributed by atoms with Crippen LogP contribution in [0.4, 0.5) is 22.2 Å². The summed E-state index contributed by atoms with van der Waals surface area (Å²) in [4.78, 5) is 25.9. The van der Waals surface area contributed by atoms with Gasteiger partial charge in [-0.1, -0.05) is 38.5 Å². The van der Waals surface area contributed by atoms with Crippen molar-refractivity contribution < 1.29 is 9.53 Å². The number of amides is 1. The smallest absolute Gasteiger partial charge is 0.410 e. The van der Waals surface area contributed by atoms with E-state index in [4.69, 9.17) is 14.7 Å². The molecule has 0 bridgehead atoms. The number of piperazine rings is 1. The fourth-order valence-electron chi connectivity index (χ4n) is 3.22. The van der Waals surface area contributed by atoms with Crippen LogP contribution in [0.25, 0.3) is 0 Å². The van der Waals surface area contributed by atoms with Gasteiger partial charge in [0.05, 0.1) is 5.69 Å². The van der Waals surface area contributed by atoms with E-state index in [9.17, 15) is 4.79 Å². The maximum atomic E-state index is 12.4. The van der Waals surface area contributed by atoms with Crippen LogP contribution in [-0.4, -0.2) is 52.7 Å². The minimum atomic E-state index is -0.491. The lowest BCUT2D eigenvalue weighted by Gasteiger charge is -2.36. The molecule has 7 heteroatoms. The minimum absolute atomic E-state index is 0.111. The van der Waals surface area contributed by atoms with Crippen molar-refractivity contribution in [2.75, 3.05) is 36.4 Å². The summed E-state index contributed by atoms with van der Waals surface area (Å²) in [7, 11) is 0. The number of carbonyl (C=O) groups is 1. The molecule has 1 aromatic heterocycles. The van der Waals surface area contributed by atoms with Crippen LogP contribution in [0.3, 0.4) is 0 Å². The number of hydrogen-bond donors (Lipinski definition) is 1. The summed E-state index contributed by atoms with van der Waals surface area (Å²) in [6.07, 6.45) is -0.266. The van der Waals surface area contributed by atoms with Crippen LogP contribution >= 0.6 is 0 Å². The first-order valence-electron chi connectivity index (χ1n) is 10.9. The third-order valence-corrected chi connectivity index (χ3v) is 5.02. The first kappa shape index (κ1) is 22.8. The second kappa shape index (κ2) is 8.73. The average Bonchev–Trinajstić information content (AvgIpc) is 2.68. The molecule has 1 saturated heterocycles. The van der Waals surface area contributed by atoms with Gasteiger partial charge in [0.2, 0.25) is 5.95 Å². The summed E-state index contributed by atoms with van der Waals surface area (Å²) in [5.41, 5.74) is 2.58. The van der Waals surface area contributed by atoms with E-state index < -0.39 is 5.60 Å². The number of ether oxygens (including phenoxy) is 1. The molecule has 168 valence electrons. The highest BCUT2D eigenvalue weighted by Crippen LogP contribution is 2.27. The van der Waals surface area contributed by atoms with Crippen LogP contribution in [0.15, 0.2) is 30.3 Å². The van der Waals surface area contributed by atoms with Gasteiger partial charge in [-0.15, -0.1) is 0 Å². The Hall–Kier alpha value is -2.83. The molecule has 1 N–H and O–H groups in total. The minimum Gasteiger partial charge on any atom is -0.444 e. The third kappa shape index (κ3) is 6.32. The van der Waals surface area contributed by atoms with E-state index in [1.807, 2.05) is 39.0 Å². The van der Waals surface area contributed by atoms with Gasteiger partial charge in [0.15, 0.2) is 0 Å². The topological polar surface area (TPSA) is 70.6 Å². The Balaban J connectivity index is 1.77. The largest absolute Gasteiger partial charge is 0.444 e.